The van der Waals surface area contributed by atoms with Crippen molar-refractivity contribution in [3.8, 4) is 0 Å². The van der Waals surface area contributed by atoms with Gasteiger partial charge in [0.25, 0.3) is 0 Å². The normalized spacial score (nSPS) is 17.9. The van der Waals surface area contributed by atoms with E-state index in [2.05, 4.69) is 0 Å². The lowest BCUT2D eigenvalue weighted by Crippen LogP contribution is -2.45. The second kappa shape index (κ2) is 11.3. The van der Waals surface area contributed by atoms with Crippen LogP contribution in [0.15, 0.2) is 121 Å². The number of esters is 1. The number of cyclic esters (lactones) is 1. The summed E-state index contributed by atoms with van der Waals surface area (Å²) in [4.78, 5) is 13.2. The highest BCUT2D eigenvalue weighted by molar-refractivity contribution is 5.76. The standard InChI is InChI=1S/C32H30O4/c33-31-30(22-21-29(35-31)24-34-23-25-13-5-1-6-14-25)36-32(26-15-7-2-8-16-26,27-17-9-3-10-18-27)28-19-11-4-12-20-28/h1-20,29-30H,21-24H2. The van der Waals surface area contributed by atoms with Crippen molar-refractivity contribution in [3.63, 3.8) is 0 Å². The van der Waals surface area contributed by atoms with E-state index >= 15 is 0 Å². The first-order valence-corrected chi connectivity index (χ1v) is 12.4. The molecule has 0 bridgehead atoms. The smallest absolute Gasteiger partial charge is 0.335 e. The zero-order valence-electron chi connectivity index (χ0n) is 20.2. The fraction of sp³-hybridized carbons (Fsp3) is 0.219. The van der Waals surface area contributed by atoms with Crippen LogP contribution in [0, 0.1) is 0 Å². The SMILES string of the molecule is O=C1OC(COCc2ccccc2)CCC1OC(c1ccccc1)(c1ccccc1)c1ccccc1. The fourth-order valence-electron chi connectivity index (χ4n) is 4.80. The first-order valence-electron chi connectivity index (χ1n) is 12.4. The highest BCUT2D eigenvalue weighted by Gasteiger charge is 2.43. The predicted octanol–water partition coefficient (Wildman–Crippen LogP) is 6.29. The average Bonchev–Trinajstić information content (AvgIpc) is 2.95. The monoisotopic (exact) mass is 478 g/mol. The second-order valence-electron chi connectivity index (χ2n) is 9.02. The summed E-state index contributed by atoms with van der Waals surface area (Å²) in [6.45, 7) is 0.864. The van der Waals surface area contributed by atoms with Crippen LogP contribution in [0.5, 0.6) is 0 Å². The van der Waals surface area contributed by atoms with Crippen molar-refractivity contribution in [2.45, 2.75) is 37.3 Å². The number of carbonyl (C=O) groups excluding carboxylic acids is 1. The Morgan fingerprint density at radius 2 is 1.14 bits per heavy atom. The van der Waals surface area contributed by atoms with Crippen molar-refractivity contribution < 1.29 is 19.0 Å². The molecule has 4 aromatic carbocycles. The minimum absolute atomic E-state index is 0.277. The lowest BCUT2D eigenvalue weighted by molar-refractivity contribution is -0.184. The van der Waals surface area contributed by atoms with E-state index in [-0.39, 0.29) is 12.1 Å². The molecule has 0 spiro atoms. The molecule has 1 heterocycles. The van der Waals surface area contributed by atoms with Gasteiger partial charge in [0, 0.05) is 0 Å². The Balaban J connectivity index is 1.38. The van der Waals surface area contributed by atoms with Gasteiger partial charge in [-0.1, -0.05) is 121 Å². The van der Waals surface area contributed by atoms with E-state index in [1.807, 2.05) is 121 Å². The van der Waals surface area contributed by atoms with Crippen LogP contribution in [-0.4, -0.2) is 24.8 Å². The Labute approximate surface area is 212 Å². The molecule has 0 aromatic heterocycles. The summed E-state index contributed by atoms with van der Waals surface area (Å²) >= 11 is 0. The topological polar surface area (TPSA) is 44.8 Å². The van der Waals surface area contributed by atoms with Crippen LogP contribution >= 0.6 is 0 Å². The Kier molecular flexibility index (Phi) is 7.55. The van der Waals surface area contributed by atoms with Gasteiger partial charge in [-0.2, -0.15) is 0 Å². The Hall–Kier alpha value is -3.73. The van der Waals surface area contributed by atoms with E-state index in [1.54, 1.807) is 0 Å². The van der Waals surface area contributed by atoms with Crippen molar-refractivity contribution in [1.82, 2.24) is 0 Å². The fourth-order valence-corrected chi connectivity index (χ4v) is 4.80. The van der Waals surface area contributed by atoms with Crippen LogP contribution in [0.1, 0.15) is 35.1 Å². The third-order valence-electron chi connectivity index (χ3n) is 6.57. The van der Waals surface area contributed by atoms with Gasteiger partial charge in [0.05, 0.1) is 13.2 Å². The molecule has 2 unspecified atom stereocenters. The molecule has 0 aliphatic carbocycles. The Morgan fingerprint density at radius 3 is 1.61 bits per heavy atom. The molecule has 4 heteroatoms. The molecule has 0 N–H and O–H groups in total. The summed E-state index contributed by atoms with van der Waals surface area (Å²) in [5.74, 6) is -0.346. The molecule has 0 amide bonds. The van der Waals surface area contributed by atoms with Gasteiger partial charge in [0.2, 0.25) is 0 Å². The molecule has 5 rings (SSSR count). The zero-order valence-corrected chi connectivity index (χ0v) is 20.2. The van der Waals surface area contributed by atoms with Gasteiger partial charge in [-0.05, 0) is 35.1 Å². The zero-order chi connectivity index (χ0) is 24.6. The van der Waals surface area contributed by atoms with E-state index in [0.717, 1.165) is 22.3 Å². The van der Waals surface area contributed by atoms with Crippen LogP contribution in [0.25, 0.3) is 0 Å². The second-order valence-corrected chi connectivity index (χ2v) is 9.02. The Bertz CT molecular complexity index is 1130. The quantitative estimate of drug-likeness (QED) is 0.210. The molecule has 1 aliphatic heterocycles. The molecule has 0 radical (unpaired) electrons. The summed E-state index contributed by atoms with van der Waals surface area (Å²) in [5.41, 5.74) is 3.03. The first kappa shape index (κ1) is 24.0. The third kappa shape index (κ3) is 5.25. The Morgan fingerprint density at radius 1 is 0.667 bits per heavy atom. The average molecular weight is 479 g/mol. The summed E-state index contributed by atoms with van der Waals surface area (Å²) in [5, 5.41) is 0. The molecule has 1 saturated heterocycles. The number of rotatable bonds is 9. The van der Waals surface area contributed by atoms with Gasteiger partial charge >= 0.3 is 5.97 Å². The van der Waals surface area contributed by atoms with Gasteiger partial charge in [-0.15, -0.1) is 0 Å². The summed E-state index contributed by atoms with van der Waals surface area (Å²) in [6, 6.07) is 40.2. The largest absolute Gasteiger partial charge is 0.458 e. The summed E-state index contributed by atoms with van der Waals surface area (Å²) in [7, 11) is 0. The highest BCUT2D eigenvalue weighted by atomic mass is 16.6. The molecule has 36 heavy (non-hydrogen) atoms. The molecule has 1 fully saturated rings. The number of hydrogen-bond donors (Lipinski definition) is 0. The van der Waals surface area contributed by atoms with Crippen molar-refractivity contribution >= 4 is 5.97 Å². The van der Waals surface area contributed by atoms with Gasteiger partial charge in [0.1, 0.15) is 11.7 Å². The van der Waals surface area contributed by atoms with Crippen molar-refractivity contribution in [3.05, 3.63) is 144 Å². The summed E-state index contributed by atoms with van der Waals surface area (Å²) in [6.07, 6.45) is 0.267. The number of hydrogen-bond acceptors (Lipinski definition) is 4. The lowest BCUT2D eigenvalue weighted by Gasteiger charge is -2.40. The summed E-state index contributed by atoms with van der Waals surface area (Å²) < 4.78 is 18.5. The van der Waals surface area contributed by atoms with Gasteiger partial charge in [-0.3, -0.25) is 0 Å². The van der Waals surface area contributed by atoms with E-state index in [4.69, 9.17) is 14.2 Å². The molecule has 0 saturated carbocycles. The number of carbonyl (C=O) groups is 1. The molecule has 2 atom stereocenters. The molecule has 1 aliphatic rings. The van der Waals surface area contributed by atoms with Crippen molar-refractivity contribution in [1.29, 1.82) is 0 Å². The van der Waals surface area contributed by atoms with Crippen LogP contribution in [0.3, 0.4) is 0 Å². The number of ether oxygens (including phenoxy) is 3. The predicted molar refractivity (Wildman–Crippen MR) is 139 cm³/mol. The van der Waals surface area contributed by atoms with Crippen LogP contribution < -0.4 is 0 Å². The third-order valence-corrected chi connectivity index (χ3v) is 6.57. The molecule has 182 valence electrons. The molecular weight excluding hydrogens is 448 g/mol. The maximum absolute atomic E-state index is 13.2. The highest BCUT2D eigenvalue weighted by Crippen LogP contribution is 2.42. The van der Waals surface area contributed by atoms with E-state index in [1.165, 1.54) is 0 Å². The van der Waals surface area contributed by atoms with Gasteiger partial charge in [0.15, 0.2) is 6.10 Å². The van der Waals surface area contributed by atoms with Crippen LogP contribution in [-0.2, 0) is 31.2 Å². The van der Waals surface area contributed by atoms with Crippen LogP contribution in [0.2, 0.25) is 0 Å². The van der Waals surface area contributed by atoms with Crippen LogP contribution in [0.4, 0.5) is 0 Å². The minimum Gasteiger partial charge on any atom is -0.458 e. The maximum atomic E-state index is 13.2. The van der Waals surface area contributed by atoms with E-state index in [0.29, 0.717) is 26.1 Å². The van der Waals surface area contributed by atoms with Crippen molar-refractivity contribution in [2.75, 3.05) is 6.61 Å². The van der Waals surface area contributed by atoms with E-state index in [9.17, 15) is 4.79 Å². The lowest BCUT2D eigenvalue weighted by atomic mass is 9.79. The molecule has 4 aromatic rings. The van der Waals surface area contributed by atoms with Gasteiger partial charge in [-0.25, -0.2) is 4.79 Å². The maximum Gasteiger partial charge on any atom is 0.335 e. The van der Waals surface area contributed by atoms with E-state index < -0.39 is 11.7 Å². The molecular formula is C32H30O4. The number of benzene rings is 4. The van der Waals surface area contributed by atoms with Gasteiger partial charge < -0.3 is 14.2 Å². The first-order chi connectivity index (χ1) is 17.8. The minimum atomic E-state index is -0.954. The molecule has 4 nitrogen and oxygen atoms in total. The van der Waals surface area contributed by atoms with Crippen molar-refractivity contribution in [2.24, 2.45) is 0 Å².